The number of hydrogen-bond donors (Lipinski definition) is 0. The van der Waals surface area contributed by atoms with E-state index in [1.54, 1.807) is 67.8 Å². The van der Waals surface area contributed by atoms with Gasteiger partial charge in [-0.15, -0.1) is 0 Å². The van der Waals surface area contributed by atoms with E-state index in [-0.39, 0.29) is 15.0 Å². The minimum absolute atomic E-state index is 0.0399. The Balaban J connectivity index is 2.09. The van der Waals surface area contributed by atoms with E-state index >= 15 is 4.39 Å². The number of benzene rings is 3. The van der Waals surface area contributed by atoms with Gasteiger partial charge in [-0.05, 0) is 64.9 Å². The smallest absolute Gasteiger partial charge is 0.266 e. The van der Waals surface area contributed by atoms with Gasteiger partial charge < -0.3 is 4.74 Å². The molecule has 0 fully saturated rings. The van der Waals surface area contributed by atoms with E-state index in [2.05, 4.69) is 0 Å². The summed E-state index contributed by atoms with van der Waals surface area (Å²) in [6.45, 7) is 1.75. The number of halogens is 2. The maximum absolute atomic E-state index is 15.7. The quantitative estimate of drug-likeness (QED) is 0.278. The number of methoxy groups -OCH3 is 1. The highest BCUT2D eigenvalue weighted by Gasteiger charge is 2.29. The molecule has 3 aromatic rings. The summed E-state index contributed by atoms with van der Waals surface area (Å²) in [7, 11) is -2.56. The van der Waals surface area contributed by atoms with Gasteiger partial charge in [0, 0.05) is 0 Å². The molecule has 0 bridgehead atoms. The molecule has 0 radical (unpaired) electrons. The van der Waals surface area contributed by atoms with Crippen LogP contribution < -0.4 is 4.74 Å². The molecule has 0 aliphatic heterocycles. The molecule has 30 heavy (non-hydrogen) atoms. The largest absolute Gasteiger partial charge is 0.497 e. The minimum Gasteiger partial charge on any atom is -0.497 e. The van der Waals surface area contributed by atoms with Gasteiger partial charge in [-0.3, -0.25) is 0 Å². The Morgan fingerprint density at radius 3 is 2.13 bits per heavy atom. The van der Waals surface area contributed by atoms with Gasteiger partial charge in [-0.1, -0.05) is 60.2 Å². The molecule has 0 aliphatic rings. The number of ether oxygens (including phenoxy) is 1. The van der Waals surface area contributed by atoms with Crippen LogP contribution in [0.3, 0.4) is 0 Å². The Morgan fingerprint density at radius 1 is 0.967 bits per heavy atom. The molecular formula is C23H21FINO3S. The van der Waals surface area contributed by atoms with Crippen LogP contribution >= 0.6 is 22.6 Å². The monoisotopic (exact) mass is 537 g/mol. The average molecular weight is 537 g/mol. The van der Waals surface area contributed by atoms with Gasteiger partial charge >= 0.3 is 0 Å². The van der Waals surface area contributed by atoms with Crippen molar-refractivity contribution in [3.8, 4) is 5.75 Å². The lowest BCUT2D eigenvalue weighted by atomic mass is 10.2. The summed E-state index contributed by atoms with van der Waals surface area (Å²) in [5, 5.41) is 0. The van der Waals surface area contributed by atoms with Crippen molar-refractivity contribution in [2.45, 2.75) is 18.4 Å². The second kappa shape index (κ2) is 9.61. The molecule has 0 aromatic heterocycles. The molecule has 0 N–H and O–H groups in total. The first-order valence-corrected chi connectivity index (χ1v) is 11.7. The normalized spacial score (nSPS) is 12.3. The predicted octanol–water partition coefficient (Wildman–Crippen LogP) is 5.93. The molecule has 0 saturated carbocycles. The summed E-state index contributed by atoms with van der Waals surface area (Å²) in [5.74, 6) is -0.193. The fraction of sp³-hybridized carbons (Fsp3) is 0.130. The van der Waals surface area contributed by atoms with Crippen molar-refractivity contribution >= 4 is 36.2 Å². The summed E-state index contributed by atoms with van der Waals surface area (Å²) in [6.07, 6.45) is 0. The fourth-order valence-corrected chi connectivity index (χ4v) is 4.98. The van der Waals surface area contributed by atoms with Crippen LogP contribution in [0, 0.1) is 6.92 Å². The molecule has 3 aromatic carbocycles. The highest BCUT2D eigenvalue weighted by molar-refractivity contribution is 14.1. The molecule has 0 saturated heterocycles. The lowest BCUT2D eigenvalue weighted by Gasteiger charge is -2.24. The molecule has 0 unspecified atom stereocenters. The highest BCUT2D eigenvalue weighted by Crippen LogP contribution is 2.34. The summed E-state index contributed by atoms with van der Waals surface area (Å²) >= 11 is 1.84. The van der Waals surface area contributed by atoms with Crippen molar-refractivity contribution in [2.24, 2.45) is 0 Å². The topological polar surface area (TPSA) is 46.6 Å². The SMILES string of the molecule is COc1ccc(/C(I)=C(\F)N(Cc2ccccc2)S(=O)(=O)c2ccc(C)cc2)cc1. The predicted molar refractivity (Wildman–Crippen MR) is 125 cm³/mol. The molecular weight excluding hydrogens is 516 g/mol. The summed E-state index contributed by atoms with van der Waals surface area (Å²) in [6, 6.07) is 22.1. The third-order valence-electron chi connectivity index (χ3n) is 4.52. The fourth-order valence-electron chi connectivity index (χ4n) is 2.81. The van der Waals surface area contributed by atoms with Crippen LogP contribution in [-0.2, 0) is 16.6 Å². The summed E-state index contributed by atoms with van der Waals surface area (Å²) in [4.78, 5) is 0.0399. The number of hydrogen-bond acceptors (Lipinski definition) is 3. The van der Waals surface area contributed by atoms with Gasteiger partial charge in [0.2, 0.25) is 5.95 Å². The number of sulfonamides is 1. The molecule has 4 nitrogen and oxygen atoms in total. The number of nitrogens with zero attached hydrogens (tertiary/aromatic N) is 1. The van der Waals surface area contributed by atoms with E-state index in [0.29, 0.717) is 16.9 Å². The first-order chi connectivity index (χ1) is 14.3. The van der Waals surface area contributed by atoms with Crippen molar-refractivity contribution in [2.75, 3.05) is 7.11 Å². The van der Waals surface area contributed by atoms with Crippen LogP contribution in [0.15, 0.2) is 89.7 Å². The van der Waals surface area contributed by atoms with Gasteiger partial charge in [0.05, 0.1) is 22.1 Å². The second-order valence-electron chi connectivity index (χ2n) is 6.64. The maximum atomic E-state index is 15.7. The molecule has 0 spiro atoms. The maximum Gasteiger partial charge on any atom is 0.266 e. The zero-order chi connectivity index (χ0) is 21.7. The number of rotatable bonds is 7. The molecule has 0 atom stereocenters. The van der Waals surface area contributed by atoms with Gasteiger partial charge in [-0.2, -0.15) is 4.39 Å². The van der Waals surface area contributed by atoms with Crippen molar-refractivity contribution in [3.05, 3.63) is 102 Å². The third kappa shape index (κ3) is 5.02. The van der Waals surface area contributed by atoms with E-state index in [0.717, 1.165) is 9.87 Å². The highest BCUT2D eigenvalue weighted by atomic mass is 127. The van der Waals surface area contributed by atoms with Crippen LogP contribution in [0.5, 0.6) is 5.75 Å². The molecule has 156 valence electrons. The Labute approximate surface area is 190 Å². The van der Waals surface area contributed by atoms with E-state index < -0.39 is 16.0 Å². The molecule has 0 aliphatic carbocycles. The Bertz CT molecular complexity index is 1130. The van der Waals surface area contributed by atoms with Gasteiger partial charge in [0.15, 0.2) is 0 Å². The van der Waals surface area contributed by atoms with Crippen molar-refractivity contribution in [1.82, 2.24) is 4.31 Å². The molecule has 7 heteroatoms. The Kier molecular flexibility index (Phi) is 7.14. The average Bonchev–Trinajstić information content (AvgIpc) is 2.77. The van der Waals surface area contributed by atoms with E-state index in [1.807, 2.05) is 35.6 Å². The lowest BCUT2D eigenvalue weighted by molar-refractivity contribution is 0.383. The molecule has 3 rings (SSSR count). The third-order valence-corrected chi connectivity index (χ3v) is 7.33. The van der Waals surface area contributed by atoms with E-state index in [4.69, 9.17) is 4.74 Å². The second-order valence-corrected chi connectivity index (χ2v) is 9.58. The summed E-state index contributed by atoms with van der Waals surface area (Å²) in [5.41, 5.74) is 2.17. The van der Waals surface area contributed by atoms with Crippen LogP contribution in [0.2, 0.25) is 0 Å². The zero-order valence-electron chi connectivity index (χ0n) is 16.5. The van der Waals surface area contributed by atoms with Crippen LogP contribution in [-0.4, -0.2) is 19.8 Å². The van der Waals surface area contributed by atoms with Crippen LogP contribution in [0.1, 0.15) is 16.7 Å². The van der Waals surface area contributed by atoms with Gasteiger partial charge in [0.25, 0.3) is 10.0 Å². The van der Waals surface area contributed by atoms with Crippen LogP contribution in [0.4, 0.5) is 4.39 Å². The van der Waals surface area contributed by atoms with Crippen molar-refractivity contribution < 1.29 is 17.5 Å². The number of aryl methyl sites for hydroxylation is 1. The van der Waals surface area contributed by atoms with Gasteiger partial charge in [0.1, 0.15) is 5.75 Å². The zero-order valence-corrected chi connectivity index (χ0v) is 19.5. The summed E-state index contributed by atoms with van der Waals surface area (Å²) < 4.78 is 48.5. The first kappa shape index (κ1) is 22.3. The standard InChI is InChI=1S/C23H21FINO3S/c1-17-8-14-21(15-9-17)30(27,28)26(16-18-6-4-3-5-7-18)23(24)22(25)19-10-12-20(29-2)13-11-19/h3-15H,16H2,1-2H3/b23-22-. The van der Waals surface area contributed by atoms with Crippen molar-refractivity contribution in [3.63, 3.8) is 0 Å². The van der Waals surface area contributed by atoms with E-state index in [1.165, 1.54) is 12.1 Å². The first-order valence-electron chi connectivity index (χ1n) is 9.16. The van der Waals surface area contributed by atoms with Gasteiger partial charge in [-0.25, -0.2) is 12.7 Å². The van der Waals surface area contributed by atoms with Crippen molar-refractivity contribution in [1.29, 1.82) is 0 Å². The Hall–Kier alpha value is -2.39. The van der Waals surface area contributed by atoms with Crippen LogP contribution in [0.25, 0.3) is 3.58 Å². The Morgan fingerprint density at radius 2 is 1.57 bits per heavy atom. The minimum atomic E-state index is -4.11. The lowest BCUT2D eigenvalue weighted by Crippen LogP contribution is -2.29. The molecule has 0 heterocycles. The molecule has 0 amide bonds. The van der Waals surface area contributed by atoms with E-state index in [9.17, 15) is 8.42 Å².